The first-order chi connectivity index (χ1) is 21.8. The van der Waals surface area contributed by atoms with Crippen molar-refractivity contribution in [2.45, 2.75) is 89.5 Å². The van der Waals surface area contributed by atoms with Gasteiger partial charge in [-0.2, -0.15) is 0 Å². The third kappa shape index (κ3) is 13.2. The molecule has 5 atom stereocenters. The van der Waals surface area contributed by atoms with Crippen molar-refractivity contribution in [2.75, 3.05) is 6.54 Å². The SMILES string of the molecule is CC(C)CC(NC(=O)C(Cc1ccccc1)NC(=O)C(C)NC(=O)C(N)Cc1ccc(O)cc1)C(=O)NC(CCCCN)C(=O)O. The van der Waals surface area contributed by atoms with Gasteiger partial charge < -0.3 is 42.9 Å². The molecule has 0 aliphatic carbocycles. The third-order valence-corrected chi connectivity index (χ3v) is 7.30. The van der Waals surface area contributed by atoms with Gasteiger partial charge in [-0.3, -0.25) is 19.2 Å². The van der Waals surface area contributed by atoms with Gasteiger partial charge in [0, 0.05) is 6.42 Å². The first-order valence-electron chi connectivity index (χ1n) is 15.5. The summed E-state index contributed by atoms with van der Waals surface area (Å²) in [5.74, 6) is -3.64. The fraction of sp³-hybridized carbons (Fsp3) is 0.485. The van der Waals surface area contributed by atoms with E-state index in [-0.39, 0.29) is 37.4 Å². The Labute approximate surface area is 269 Å². The quantitative estimate of drug-likeness (QED) is 0.101. The van der Waals surface area contributed by atoms with E-state index in [1.165, 1.54) is 19.1 Å². The molecule has 0 radical (unpaired) electrons. The van der Waals surface area contributed by atoms with E-state index >= 15 is 0 Å². The molecule has 0 aliphatic heterocycles. The molecule has 4 amide bonds. The van der Waals surface area contributed by atoms with Crippen LogP contribution in [0.5, 0.6) is 5.75 Å². The van der Waals surface area contributed by atoms with Gasteiger partial charge in [0.05, 0.1) is 6.04 Å². The Kier molecular flexibility index (Phi) is 15.7. The second-order valence-corrected chi connectivity index (χ2v) is 11.8. The summed E-state index contributed by atoms with van der Waals surface area (Å²) in [6, 6.07) is 9.86. The van der Waals surface area contributed by atoms with Crippen LogP contribution in [-0.4, -0.2) is 76.6 Å². The zero-order valence-electron chi connectivity index (χ0n) is 26.7. The second-order valence-electron chi connectivity index (χ2n) is 11.8. The maximum atomic E-state index is 13.6. The molecule has 13 heteroatoms. The van der Waals surface area contributed by atoms with Gasteiger partial charge in [-0.05, 0) is 74.8 Å². The summed E-state index contributed by atoms with van der Waals surface area (Å²) in [6.07, 6.45) is 1.80. The molecule has 5 unspecified atom stereocenters. The van der Waals surface area contributed by atoms with Crippen LogP contribution in [-0.2, 0) is 36.8 Å². The number of phenolic OH excluding ortho intramolecular Hbond substituents is 1. The predicted molar refractivity (Wildman–Crippen MR) is 173 cm³/mol. The van der Waals surface area contributed by atoms with Crippen molar-refractivity contribution in [3.63, 3.8) is 0 Å². The van der Waals surface area contributed by atoms with E-state index in [1.807, 2.05) is 19.9 Å². The van der Waals surface area contributed by atoms with Crippen LogP contribution in [0.15, 0.2) is 54.6 Å². The Bertz CT molecular complexity index is 1290. The van der Waals surface area contributed by atoms with Gasteiger partial charge in [-0.1, -0.05) is 56.3 Å². The van der Waals surface area contributed by atoms with Gasteiger partial charge in [0.15, 0.2) is 0 Å². The lowest BCUT2D eigenvalue weighted by Gasteiger charge is -2.26. The van der Waals surface area contributed by atoms with Crippen molar-refractivity contribution < 1.29 is 34.2 Å². The van der Waals surface area contributed by atoms with E-state index in [0.717, 1.165) is 11.1 Å². The number of aliphatic carboxylic acids is 1. The van der Waals surface area contributed by atoms with Crippen molar-refractivity contribution >= 4 is 29.6 Å². The molecular formula is C33H48N6O7. The molecule has 0 heterocycles. The molecule has 2 rings (SSSR count). The molecular weight excluding hydrogens is 592 g/mol. The minimum atomic E-state index is -1.19. The third-order valence-electron chi connectivity index (χ3n) is 7.30. The predicted octanol–water partition coefficient (Wildman–Crippen LogP) is 0.724. The summed E-state index contributed by atoms with van der Waals surface area (Å²) >= 11 is 0. The van der Waals surface area contributed by atoms with Crippen molar-refractivity contribution in [3.05, 3.63) is 65.7 Å². The molecule has 0 saturated heterocycles. The zero-order valence-corrected chi connectivity index (χ0v) is 26.7. The highest BCUT2D eigenvalue weighted by Crippen LogP contribution is 2.12. The summed E-state index contributed by atoms with van der Waals surface area (Å²) < 4.78 is 0. The minimum absolute atomic E-state index is 0.0280. The average Bonchev–Trinajstić information content (AvgIpc) is 3.01. The monoisotopic (exact) mass is 640 g/mol. The van der Waals surface area contributed by atoms with E-state index in [4.69, 9.17) is 11.5 Å². The zero-order chi connectivity index (χ0) is 34.2. The van der Waals surface area contributed by atoms with Crippen molar-refractivity contribution in [1.82, 2.24) is 21.3 Å². The van der Waals surface area contributed by atoms with Gasteiger partial charge in [0.25, 0.3) is 0 Å². The van der Waals surface area contributed by atoms with Gasteiger partial charge in [-0.25, -0.2) is 4.79 Å². The lowest BCUT2D eigenvalue weighted by molar-refractivity contribution is -0.142. The number of benzene rings is 2. The van der Waals surface area contributed by atoms with E-state index in [1.54, 1.807) is 36.4 Å². The Morgan fingerprint density at radius 3 is 1.85 bits per heavy atom. The van der Waals surface area contributed by atoms with Crippen LogP contribution in [0.3, 0.4) is 0 Å². The number of aromatic hydroxyl groups is 1. The molecule has 0 fully saturated rings. The summed E-state index contributed by atoms with van der Waals surface area (Å²) in [4.78, 5) is 64.6. The van der Waals surface area contributed by atoms with E-state index in [0.29, 0.717) is 19.4 Å². The standard InChI is InChI=1S/C33H48N6O7/c1-20(2)17-27(31(43)37-26(33(45)46)11-7-8-16-34)39-32(44)28(19-22-9-5-4-6-10-22)38-29(41)21(3)36-30(42)25(35)18-23-12-14-24(40)15-13-23/h4-6,9-10,12-15,20-21,25-28,40H,7-8,11,16-19,34-35H2,1-3H3,(H,36,42)(H,37,43)(H,38,41)(H,39,44)(H,45,46). The van der Waals surface area contributed by atoms with Crippen LogP contribution < -0.4 is 32.7 Å². The number of hydrogen-bond donors (Lipinski definition) is 8. The Morgan fingerprint density at radius 1 is 0.696 bits per heavy atom. The average molecular weight is 641 g/mol. The van der Waals surface area contributed by atoms with E-state index in [2.05, 4.69) is 21.3 Å². The largest absolute Gasteiger partial charge is 0.508 e. The molecule has 0 bridgehead atoms. The molecule has 46 heavy (non-hydrogen) atoms. The van der Waals surface area contributed by atoms with E-state index < -0.39 is 59.8 Å². The molecule has 252 valence electrons. The number of carboxylic acid groups (broad SMARTS) is 1. The first-order valence-corrected chi connectivity index (χ1v) is 15.5. The van der Waals surface area contributed by atoms with Crippen molar-refractivity contribution in [3.8, 4) is 5.75 Å². The molecule has 0 aromatic heterocycles. The molecule has 0 saturated carbocycles. The van der Waals surface area contributed by atoms with Gasteiger partial charge in [-0.15, -0.1) is 0 Å². The van der Waals surface area contributed by atoms with Crippen LogP contribution >= 0.6 is 0 Å². The summed E-state index contributed by atoms with van der Waals surface area (Å²) in [7, 11) is 0. The molecule has 2 aromatic carbocycles. The number of rotatable bonds is 19. The maximum absolute atomic E-state index is 13.6. The number of nitrogens with two attached hydrogens (primary N) is 2. The highest BCUT2D eigenvalue weighted by atomic mass is 16.4. The summed E-state index contributed by atoms with van der Waals surface area (Å²) in [5, 5.41) is 29.6. The molecule has 10 N–H and O–H groups in total. The molecule has 0 spiro atoms. The minimum Gasteiger partial charge on any atom is -0.508 e. The maximum Gasteiger partial charge on any atom is 0.326 e. The van der Waals surface area contributed by atoms with Gasteiger partial charge >= 0.3 is 5.97 Å². The number of carbonyl (C=O) groups is 5. The van der Waals surface area contributed by atoms with Crippen LogP contribution in [0.4, 0.5) is 0 Å². The van der Waals surface area contributed by atoms with Crippen molar-refractivity contribution in [2.24, 2.45) is 17.4 Å². The molecule has 2 aromatic rings. The lowest BCUT2D eigenvalue weighted by atomic mass is 10.00. The highest BCUT2D eigenvalue weighted by Gasteiger charge is 2.31. The second kappa shape index (κ2) is 19.1. The topological polar surface area (TPSA) is 226 Å². The van der Waals surface area contributed by atoms with Crippen LogP contribution in [0.25, 0.3) is 0 Å². The lowest BCUT2D eigenvalue weighted by Crippen LogP contribution is -2.58. The van der Waals surface area contributed by atoms with Crippen LogP contribution in [0.2, 0.25) is 0 Å². The smallest absolute Gasteiger partial charge is 0.326 e. The van der Waals surface area contributed by atoms with Gasteiger partial charge in [0.1, 0.15) is 29.9 Å². The fourth-order valence-electron chi connectivity index (χ4n) is 4.72. The van der Waals surface area contributed by atoms with Crippen LogP contribution in [0, 0.1) is 5.92 Å². The summed E-state index contributed by atoms with van der Waals surface area (Å²) in [5.41, 5.74) is 13.0. The number of phenols is 1. The first kappa shape index (κ1) is 37.7. The molecule has 0 aliphatic rings. The Hall–Kier alpha value is -4.49. The number of carboxylic acids is 1. The summed E-state index contributed by atoms with van der Waals surface area (Å²) in [6.45, 7) is 5.59. The van der Waals surface area contributed by atoms with E-state index in [9.17, 15) is 34.2 Å². The molecule has 13 nitrogen and oxygen atoms in total. The number of amides is 4. The van der Waals surface area contributed by atoms with Gasteiger partial charge in [0.2, 0.25) is 23.6 Å². The Balaban J connectivity index is 2.15. The normalized spacial score (nSPS) is 14.3. The van der Waals surface area contributed by atoms with Crippen molar-refractivity contribution in [1.29, 1.82) is 0 Å². The number of hydrogen-bond acceptors (Lipinski definition) is 8. The Morgan fingerprint density at radius 2 is 1.26 bits per heavy atom. The highest BCUT2D eigenvalue weighted by molar-refractivity contribution is 5.95. The number of nitrogens with one attached hydrogen (secondary N) is 4. The fourth-order valence-corrected chi connectivity index (χ4v) is 4.72. The number of unbranched alkanes of at least 4 members (excludes halogenated alkanes) is 1. The van der Waals surface area contributed by atoms with Crippen LogP contribution in [0.1, 0.15) is 57.6 Å². The number of carbonyl (C=O) groups excluding carboxylic acids is 4.